The van der Waals surface area contributed by atoms with Crippen molar-refractivity contribution in [2.24, 2.45) is 11.8 Å². The number of carboxylic acids is 1. The fraction of sp³-hybridized carbons (Fsp3) is 0.455. The van der Waals surface area contributed by atoms with Crippen molar-refractivity contribution in [1.29, 1.82) is 0 Å². The van der Waals surface area contributed by atoms with Crippen molar-refractivity contribution < 1.29 is 9.90 Å². The number of anilines is 1. The molecule has 0 bridgehead atoms. The summed E-state index contributed by atoms with van der Waals surface area (Å²) in [5, 5.41) is 13.3. The zero-order chi connectivity index (χ0) is 19.4. The average molecular weight is 379 g/mol. The second kappa shape index (κ2) is 6.48. The number of hydrogen-bond donors (Lipinski definition) is 2. The highest BCUT2D eigenvalue weighted by Gasteiger charge is 2.38. The normalized spacial score (nSPS) is 26.6. The number of nitrogens with zero attached hydrogens (tertiary/aromatic N) is 2. The molecule has 2 aliphatic carbocycles. The van der Waals surface area contributed by atoms with Crippen molar-refractivity contribution in [3.63, 3.8) is 0 Å². The first kappa shape index (κ1) is 17.5. The van der Waals surface area contributed by atoms with Gasteiger partial charge in [-0.05, 0) is 50.4 Å². The number of aromatic carboxylic acids is 1. The smallest absolute Gasteiger partial charge is 0.341 e. The number of carbonyl (C=O) groups is 1. The summed E-state index contributed by atoms with van der Waals surface area (Å²) in [5.74, 6) is 0.0727. The Bertz CT molecular complexity index is 1040. The van der Waals surface area contributed by atoms with E-state index in [2.05, 4.69) is 28.4 Å². The van der Waals surface area contributed by atoms with Crippen LogP contribution in [0, 0.1) is 11.8 Å². The van der Waals surface area contributed by atoms with Crippen LogP contribution in [0.25, 0.3) is 10.9 Å². The maximum Gasteiger partial charge on any atom is 0.341 e. The van der Waals surface area contributed by atoms with Crippen LogP contribution in [-0.4, -0.2) is 41.8 Å². The van der Waals surface area contributed by atoms with Gasteiger partial charge in [0.25, 0.3) is 0 Å². The zero-order valence-electron chi connectivity index (χ0n) is 16.0. The van der Waals surface area contributed by atoms with Gasteiger partial charge >= 0.3 is 5.97 Å². The summed E-state index contributed by atoms with van der Waals surface area (Å²) in [6.45, 7) is 2.01. The minimum atomic E-state index is -1.15. The van der Waals surface area contributed by atoms with Gasteiger partial charge in [0, 0.05) is 48.4 Å². The Balaban J connectivity index is 1.56. The standard InChI is InChI=1S/C22H25N3O3/c1-23-19-4-2-3-13-10-24(11-17(13)19)15-7-8-16-20(9-15)25(14-5-6-14)12-18(21(16)26)22(27)28/h2,4,7-9,12-14,17,19,23H,3,5-6,10-11H2,1H3,(H,27,28). The van der Waals surface area contributed by atoms with Crippen LogP contribution >= 0.6 is 0 Å². The molecule has 2 heterocycles. The second-order valence-electron chi connectivity index (χ2n) is 8.32. The van der Waals surface area contributed by atoms with Gasteiger partial charge in [0.1, 0.15) is 5.56 Å². The van der Waals surface area contributed by atoms with E-state index < -0.39 is 5.97 Å². The van der Waals surface area contributed by atoms with Gasteiger partial charge in [0.15, 0.2) is 0 Å². The van der Waals surface area contributed by atoms with Gasteiger partial charge in [-0.25, -0.2) is 4.79 Å². The summed E-state index contributed by atoms with van der Waals surface area (Å²) < 4.78 is 2.00. The maximum absolute atomic E-state index is 12.7. The number of allylic oxidation sites excluding steroid dienone is 1. The Kier molecular flexibility index (Phi) is 4.05. The first-order valence-corrected chi connectivity index (χ1v) is 10.1. The van der Waals surface area contributed by atoms with E-state index in [0.717, 1.165) is 43.6 Å². The topological polar surface area (TPSA) is 74.6 Å². The van der Waals surface area contributed by atoms with Crippen molar-refractivity contribution in [3.8, 4) is 0 Å². The van der Waals surface area contributed by atoms with Gasteiger partial charge in [-0.3, -0.25) is 4.79 Å². The quantitative estimate of drug-likeness (QED) is 0.799. The monoisotopic (exact) mass is 379 g/mol. The minimum Gasteiger partial charge on any atom is -0.477 e. The highest BCUT2D eigenvalue weighted by atomic mass is 16.4. The molecule has 6 heteroatoms. The molecule has 1 aliphatic heterocycles. The molecule has 0 radical (unpaired) electrons. The molecule has 5 rings (SSSR count). The SMILES string of the molecule is CNC1C=CCC2CN(c3ccc4c(=O)c(C(=O)O)cn(C5CC5)c4c3)CC21. The Morgan fingerprint density at radius 3 is 2.79 bits per heavy atom. The van der Waals surface area contributed by atoms with Crippen molar-refractivity contribution in [1.82, 2.24) is 9.88 Å². The number of likely N-dealkylation sites (N-methyl/N-ethyl adjacent to an activating group) is 1. The number of nitrogens with one attached hydrogen (secondary N) is 1. The van der Waals surface area contributed by atoms with Gasteiger partial charge in [-0.2, -0.15) is 0 Å². The van der Waals surface area contributed by atoms with Gasteiger partial charge in [0.05, 0.1) is 5.52 Å². The number of hydrogen-bond acceptors (Lipinski definition) is 4. The summed E-state index contributed by atoms with van der Waals surface area (Å²) in [6.07, 6.45) is 9.28. The third kappa shape index (κ3) is 2.75. The molecular weight excluding hydrogens is 354 g/mol. The Morgan fingerprint density at radius 1 is 1.25 bits per heavy atom. The maximum atomic E-state index is 12.7. The number of rotatable bonds is 4. The third-order valence-corrected chi connectivity index (χ3v) is 6.62. The average Bonchev–Trinajstić information content (AvgIpc) is 3.44. The molecular formula is C22H25N3O3. The van der Waals surface area contributed by atoms with E-state index >= 15 is 0 Å². The van der Waals surface area contributed by atoms with Crippen LogP contribution in [0.5, 0.6) is 0 Å². The predicted molar refractivity (Wildman–Crippen MR) is 109 cm³/mol. The molecule has 0 spiro atoms. The van der Waals surface area contributed by atoms with E-state index in [1.165, 1.54) is 0 Å². The molecule has 1 aromatic carbocycles. The summed E-state index contributed by atoms with van der Waals surface area (Å²) in [6, 6.07) is 6.59. The van der Waals surface area contributed by atoms with Crippen LogP contribution in [0.2, 0.25) is 0 Å². The second-order valence-corrected chi connectivity index (χ2v) is 8.32. The van der Waals surface area contributed by atoms with Crippen LogP contribution < -0.4 is 15.6 Å². The molecule has 3 aliphatic rings. The summed E-state index contributed by atoms with van der Waals surface area (Å²) >= 11 is 0. The lowest BCUT2D eigenvalue weighted by atomic mass is 9.82. The molecule has 3 unspecified atom stereocenters. The largest absolute Gasteiger partial charge is 0.477 e. The summed E-state index contributed by atoms with van der Waals surface area (Å²) in [5.41, 5.74) is 1.45. The predicted octanol–water partition coefficient (Wildman–Crippen LogP) is 2.63. The highest BCUT2D eigenvalue weighted by Crippen LogP contribution is 2.39. The van der Waals surface area contributed by atoms with Crippen LogP contribution in [0.3, 0.4) is 0 Å². The van der Waals surface area contributed by atoms with Crippen molar-refractivity contribution in [2.45, 2.75) is 31.3 Å². The zero-order valence-corrected chi connectivity index (χ0v) is 16.0. The van der Waals surface area contributed by atoms with Crippen molar-refractivity contribution in [3.05, 3.63) is 52.3 Å². The first-order chi connectivity index (χ1) is 13.6. The highest BCUT2D eigenvalue weighted by molar-refractivity contribution is 5.93. The summed E-state index contributed by atoms with van der Waals surface area (Å²) in [7, 11) is 2.02. The number of aromatic nitrogens is 1. The van der Waals surface area contributed by atoms with E-state index in [1.807, 2.05) is 23.7 Å². The molecule has 2 fully saturated rings. The van der Waals surface area contributed by atoms with Gasteiger partial charge in [-0.1, -0.05) is 12.2 Å². The molecule has 0 amide bonds. The molecule has 6 nitrogen and oxygen atoms in total. The lowest BCUT2D eigenvalue weighted by Crippen LogP contribution is -2.38. The Morgan fingerprint density at radius 2 is 2.07 bits per heavy atom. The molecule has 1 aromatic heterocycles. The molecule has 2 N–H and O–H groups in total. The third-order valence-electron chi connectivity index (χ3n) is 6.62. The molecule has 2 aromatic rings. The van der Waals surface area contributed by atoms with E-state index in [-0.39, 0.29) is 11.0 Å². The van der Waals surface area contributed by atoms with E-state index in [9.17, 15) is 14.7 Å². The van der Waals surface area contributed by atoms with Gasteiger partial charge < -0.3 is 19.9 Å². The lowest BCUT2D eigenvalue weighted by molar-refractivity contribution is 0.0695. The number of benzene rings is 1. The number of pyridine rings is 1. The van der Waals surface area contributed by atoms with E-state index in [0.29, 0.717) is 29.3 Å². The molecule has 28 heavy (non-hydrogen) atoms. The Labute approximate surface area is 163 Å². The van der Waals surface area contributed by atoms with Crippen LogP contribution in [-0.2, 0) is 0 Å². The molecule has 1 saturated heterocycles. The van der Waals surface area contributed by atoms with Gasteiger partial charge in [0.2, 0.25) is 5.43 Å². The number of carboxylic acid groups (broad SMARTS) is 1. The molecule has 146 valence electrons. The molecule has 3 atom stereocenters. The lowest BCUT2D eigenvalue weighted by Gasteiger charge is -2.28. The Hall–Kier alpha value is -2.60. The summed E-state index contributed by atoms with van der Waals surface area (Å²) in [4.78, 5) is 26.6. The van der Waals surface area contributed by atoms with Crippen LogP contribution in [0.4, 0.5) is 5.69 Å². The first-order valence-electron chi connectivity index (χ1n) is 10.1. The van der Waals surface area contributed by atoms with Gasteiger partial charge in [-0.15, -0.1) is 0 Å². The van der Waals surface area contributed by atoms with Crippen molar-refractivity contribution in [2.75, 3.05) is 25.0 Å². The van der Waals surface area contributed by atoms with Crippen LogP contribution in [0.1, 0.15) is 35.7 Å². The fourth-order valence-corrected chi connectivity index (χ4v) is 4.96. The minimum absolute atomic E-state index is 0.137. The molecule has 1 saturated carbocycles. The number of fused-ring (bicyclic) bond motifs is 2. The van der Waals surface area contributed by atoms with Crippen molar-refractivity contribution >= 4 is 22.6 Å². The van der Waals surface area contributed by atoms with E-state index in [1.54, 1.807) is 6.20 Å². The fourth-order valence-electron chi connectivity index (χ4n) is 4.96. The van der Waals surface area contributed by atoms with Crippen LogP contribution in [0.15, 0.2) is 41.3 Å². The van der Waals surface area contributed by atoms with E-state index in [4.69, 9.17) is 0 Å².